The van der Waals surface area contributed by atoms with Gasteiger partial charge < -0.3 is 19.5 Å². The lowest BCUT2D eigenvalue weighted by Gasteiger charge is -2.28. The van der Waals surface area contributed by atoms with E-state index in [-0.39, 0.29) is 11.7 Å². The van der Waals surface area contributed by atoms with Crippen molar-refractivity contribution < 1.29 is 14.2 Å². The number of benzene rings is 1. The minimum Gasteiger partial charge on any atom is -0.487 e. The highest BCUT2D eigenvalue weighted by Gasteiger charge is 2.27. The minimum atomic E-state index is -0.494. The molecule has 0 saturated heterocycles. The third kappa shape index (κ3) is 9.80. The van der Waals surface area contributed by atoms with Crippen molar-refractivity contribution in [1.29, 1.82) is 5.41 Å². The van der Waals surface area contributed by atoms with E-state index < -0.39 is 5.60 Å². The van der Waals surface area contributed by atoms with Crippen LogP contribution in [0.15, 0.2) is 36.8 Å². The van der Waals surface area contributed by atoms with Crippen molar-refractivity contribution in [3.8, 4) is 22.8 Å². The lowest BCUT2D eigenvalue weighted by molar-refractivity contribution is -0.0300. The molecule has 240 valence electrons. The molecule has 3 aromatic rings. The van der Waals surface area contributed by atoms with Crippen molar-refractivity contribution in [1.82, 2.24) is 24.8 Å². The summed E-state index contributed by atoms with van der Waals surface area (Å²) < 4.78 is 20.5. The van der Waals surface area contributed by atoms with Crippen LogP contribution in [0.25, 0.3) is 11.1 Å². The monoisotopic (exact) mass is 626 g/mol. The van der Waals surface area contributed by atoms with E-state index in [4.69, 9.17) is 42.2 Å². The Labute approximate surface area is 265 Å². The fraction of sp³-hybridized carbons (Fsp3) is 0.562. The fourth-order valence-electron chi connectivity index (χ4n) is 5.02. The molecule has 0 aliphatic heterocycles. The molecule has 0 spiro atoms. The zero-order valence-corrected chi connectivity index (χ0v) is 27.5. The lowest BCUT2D eigenvalue weighted by Crippen LogP contribution is -2.37. The summed E-state index contributed by atoms with van der Waals surface area (Å²) in [7, 11) is 0. The van der Waals surface area contributed by atoms with Crippen molar-refractivity contribution in [2.24, 2.45) is 5.84 Å². The van der Waals surface area contributed by atoms with Crippen molar-refractivity contribution >= 4 is 29.6 Å². The number of halogens is 1. The molecule has 1 saturated carbocycles. The standard InChI is InChI=1S/C32H47ClN8O3/c1-22(19-40(35)21-34)43-28-16-23(12-13-26(28)33)24-17-36-30(37-18-24)38-27-20-41(25-10-8-7-9-11-25)39-29(27)44-32(5,6)14-15-42-31(2,3)4/h12-13,16-18,20-22,25,34H,7-11,14-15,19,35H2,1-6H3,(H,36,37,38)/t22-/m0/s1. The SMILES string of the molecule is C[C@@H](CN(N)C=N)Oc1cc(-c2cnc(Nc3cn(C4CCCCC4)nc3OC(C)(C)CCOC(C)(C)C)nc2)ccc1Cl. The molecule has 0 radical (unpaired) electrons. The van der Waals surface area contributed by atoms with Crippen LogP contribution in [0.1, 0.15) is 86.1 Å². The van der Waals surface area contributed by atoms with Crippen LogP contribution in [-0.2, 0) is 4.74 Å². The number of nitrogens with one attached hydrogen (secondary N) is 2. The first kappa shape index (κ1) is 33.5. The minimum absolute atomic E-state index is 0.207. The number of anilines is 2. The summed E-state index contributed by atoms with van der Waals surface area (Å²) in [5.74, 6) is 7.18. The molecule has 4 N–H and O–H groups in total. The van der Waals surface area contributed by atoms with E-state index in [2.05, 4.69) is 49.9 Å². The Bertz CT molecular complexity index is 1370. The largest absolute Gasteiger partial charge is 0.487 e. The second-order valence-electron chi connectivity index (χ2n) is 13.0. The summed E-state index contributed by atoms with van der Waals surface area (Å²) in [4.78, 5) is 9.19. The number of hydrogen-bond donors (Lipinski definition) is 3. The van der Waals surface area contributed by atoms with Crippen molar-refractivity contribution in [2.75, 3.05) is 18.5 Å². The van der Waals surface area contributed by atoms with Gasteiger partial charge in [-0.15, -0.1) is 5.10 Å². The van der Waals surface area contributed by atoms with Crippen LogP contribution in [0.3, 0.4) is 0 Å². The van der Waals surface area contributed by atoms with Gasteiger partial charge in [0.1, 0.15) is 23.1 Å². The molecule has 2 aromatic heterocycles. The van der Waals surface area contributed by atoms with Gasteiger partial charge in [-0.05, 0) is 72.1 Å². The zero-order chi connectivity index (χ0) is 31.9. The van der Waals surface area contributed by atoms with Gasteiger partial charge in [-0.2, -0.15) is 0 Å². The van der Waals surface area contributed by atoms with Gasteiger partial charge in [-0.25, -0.2) is 15.8 Å². The smallest absolute Gasteiger partial charge is 0.257 e. The summed E-state index contributed by atoms with van der Waals surface area (Å²) in [5.41, 5.74) is 1.68. The number of aromatic nitrogens is 4. The Kier molecular flexibility index (Phi) is 11.1. The molecular weight excluding hydrogens is 580 g/mol. The quantitative estimate of drug-likeness (QED) is 0.0737. The summed E-state index contributed by atoms with van der Waals surface area (Å²) in [6.07, 6.45) is 12.9. The van der Waals surface area contributed by atoms with Crippen LogP contribution in [0, 0.1) is 5.41 Å². The molecule has 2 heterocycles. The molecule has 0 unspecified atom stereocenters. The lowest BCUT2D eigenvalue weighted by atomic mass is 9.96. The maximum absolute atomic E-state index is 7.26. The van der Waals surface area contributed by atoms with Crippen LogP contribution in [0.5, 0.6) is 11.6 Å². The molecular formula is C32H47ClN8O3. The molecule has 1 aliphatic rings. The van der Waals surface area contributed by atoms with Gasteiger partial charge in [0, 0.05) is 24.4 Å². The summed E-state index contributed by atoms with van der Waals surface area (Å²) >= 11 is 6.40. The first-order valence-electron chi connectivity index (χ1n) is 15.3. The normalized spacial score (nSPS) is 15.1. The van der Waals surface area contributed by atoms with Crippen LogP contribution < -0.4 is 20.6 Å². The molecule has 1 aliphatic carbocycles. The highest BCUT2D eigenvalue weighted by Crippen LogP contribution is 2.35. The number of hydrazine groups is 1. The van der Waals surface area contributed by atoms with E-state index >= 15 is 0 Å². The van der Waals surface area contributed by atoms with E-state index in [9.17, 15) is 0 Å². The second kappa shape index (κ2) is 14.6. The Morgan fingerprint density at radius 1 is 1.14 bits per heavy atom. The molecule has 0 amide bonds. The van der Waals surface area contributed by atoms with Crippen LogP contribution >= 0.6 is 11.6 Å². The van der Waals surface area contributed by atoms with E-state index in [1.165, 1.54) is 24.3 Å². The van der Waals surface area contributed by atoms with E-state index in [1.807, 2.05) is 29.9 Å². The Hall–Kier alpha value is -3.41. The van der Waals surface area contributed by atoms with Gasteiger partial charge in [-0.3, -0.25) is 15.1 Å². The maximum Gasteiger partial charge on any atom is 0.257 e. The van der Waals surface area contributed by atoms with Crippen LogP contribution in [0.4, 0.5) is 11.6 Å². The fourth-order valence-corrected chi connectivity index (χ4v) is 5.19. The van der Waals surface area contributed by atoms with Gasteiger partial charge in [0.05, 0.1) is 42.4 Å². The number of rotatable bonds is 14. The van der Waals surface area contributed by atoms with Gasteiger partial charge in [0.25, 0.3) is 5.88 Å². The topological polar surface area (TPSA) is 136 Å². The number of nitrogens with zero attached hydrogens (tertiary/aromatic N) is 5. The first-order valence-corrected chi connectivity index (χ1v) is 15.7. The van der Waals surface area contributed by atoms with Crippen LogP contribution in [-0.4, -0.2) is 61.6 Å². The average Bonchev–Trinajstić information content (AvgIpc) is 3.35. The van der Waals surface area contributed by atoms with Crippen molar-refractivity contribution in [3.05, 3.63) is 41.8 Å². The first-order chi connectivity index (χ1) is 20.8. The molecule has 12 heteroatoms. The highest BCUT2D eigenvalue weighted by molar-refractivity contribution is 6.32. The molecule has 0 bridgehead atoms. The van der Waals surface area contributed by atoms with Gasteiger partial charge in [-0.1, -0.05) is 36.9 Å². The van der Waals surface area contributed by atoms with E-state index in [0.29, 0.717) is 48.2 Å². The van der Waals surface area contributed by atoms with Crippen molar-refractivity contribution in [2.45, 2.75) is 103 Å². The average molecular weight is 627 g/mol. The second-order valence-corrected chi connectivity index (χ2v) is 13.4. The van der Waals surface area contributed by atoms with Crippen molar-refractivity contribution in [3.63, 3.8) is 0 Å². The number of nitrogens with two attached hydrogens (primary N) is 1. The summed E-state index contributed by atoms with van der Waals surface area (Å²) in [6.45, 7) is 13.1. The molecule has 4 rings (SSSR count). The van der Waals surface area contributed by atoms with Gasteiger partial charge in [0.15, 0.2) is 0 Å². The molecule has 1 fully saturated rings. The molecule has 11 nitrogen and oxygen atoms in total. The maximum atomic E-state index is 7.26. The third-order valence-electron chi connectivity index (χ3n) is 7.38. The Balaban J connectivity index is 1.50. The van der Waals surface area contributed by atoms with Gasteiger partial charge in [0.2, 0.25) is 5.95 Å². The van der Waals surface area contributed by atoms with E-state index in [0.717, 1.165) is 36.0 Å². The summed E-state index contributed by atoms with van der Waals surface area (Å²) in [6, 6.07) is 5.87. The van der Waals surface area contributed by atoms with Gasteiger partial charge >= 0.3 is 0 Å². The predicted octanol–water partition coefficient (Wildman–Crippen LogP) is 7.15. The third-order valence-corrected chi connectivity index (χ3v) is 7.70. The molecule has 1 atom stereocenters. The summed E-state index contributed by atoms with van der Waals surface area (Å²) in [5, 5.41) is 17.2. The predicted molar refractivity (Wildman–Crippen MR) is 175 cm³/mol. The number of ether oxygens (including phenoxy) is 3. The Morgan fingerprint density at radius 3 is 2.50 bits per heavy atom. The number of hydrogen-bond acceptors (Lipinski definition) is 9. The molecule has 44 heavy (non-hydrogen) atoms. The zero-order valence-electron chi connectivity index (χ0n) is 26.8. The Morgan fingerprint density at radius 2 is 1.84 bits per heavy atom. The highest BCUT2D eigenvalue weighted by atomic mass is 35.5. The molecule has 1 aromatic carbocycles. The van der Waals surface area contributed by atoms with Crippen LogP contribution in [0.2, 0.25) is 5.02 Å². The van der Waals surface area contributed by atoms with E-state index in [1.54, 1.807) is 18.5 Å².